The molecule has 6 aromatic rings. The number of rotatable bonds is 20. The van der Waals surface area contributed by atoms with Crippen molar-refractivity contribution in [3.63, 3.8) is 0 Å². The van der Waals surface area contributed by atoms with E-state index in [-0.39, 0.29) is 98.7 Å². The third-order valence-electron chi connectivity index (χ3n) is 14.2. The van der Waals surface area contributed by atoms with Crippen LogP contribution in [0, 0.1) is 18.2 Å². The molecule has 0 unspecified atom stereocenters. The normalized spacial score (nSPS) is 16.5. The number of aromatic hydroxyl groups is 1. The summed E-state index contributed by atoms with van der Waals surface area (Å²) in [7, 11) is 1.63. The molecule has 2 aliphatic heterocycles. The molecule has 79 heavy (non-hydrogen) atoms. The number of amides is 6. The Bertz CT molecular complexity index is 3210. The van der Waals surface area contributed by atoms with Gasteiger partial charge in [0.15, 0.2) is 5.82 Å². The number of hydrogen-bond acceptors (Lipinski definition) is 15. The lowest BCUT2D eigenvalue weighted by molar-refractivity contribution is -0.144. The van der Waals surface area contributed by atoms with Crippen LogP contribution in [0.1, 0.15) is 57.8 Å². The summed E-state index contributed by atoms with van der Waals surface area (Å²) in [5, 5.41) is 31.9. The zero-order valence-electron chi connectivity index (χ0n) is 45.1. The van der Waals surface area contributed by atoms with Gasteiger partial charge in [0.05, 0.1) is 53.1 Å². The lowest BCUT2D eigenvalue weighted by Crippen LogP contribution is -2.58. The second-order valence-electron chi connectivity index (χ2n) is 20.9. The number of hydrogen-bond donors (Lipinski definition) is 6. The molecule has 420 valence electrons. The van der Waals surface area contributed by atoms with Crippen molar-refractivity contribution in [1.29, 1.82) is 0 Å². The van der Waals surface area contributed by atoms with Crippen molar-refractivity contribution in [3.8, 4) is 27.3 Å². The number of benzene rings is 4. The van der Waals surface area contributed by atoms with Crippen LogP contribution in [0.15, 0.2) is 72.2 Å². The number of nitrogens with one attached hydrogen (secondary N) is 3. The number of carbonyl (C=O) groups is 5. The van der Waals surface area contributed by atoms with E-state index in [0.717, 1.165) is 21.7 Å². The van der Waals surface area contributed by atoms with E-state index in [1.807, 2.05) is 61.2 Å². The first-order valence-electron chi connectivity index (χ1n) is 26.1. The molecular weight excluding hydrogens is 1060 g/mol. The quantitative estimate of drug-likeness (QED) is 0.0463. The van der Waals surface area contributed by atoms with Crippen LogP contribution in [0.25, 0.3) is 43.2 Å². The predicted octanol–water partition coefficient (Wildman–Crippen LogP) is 6.24. The molecule has 0 spiro atoms. The Morgan fingerprint density at radius 1 is 0.962 bits per heavy atom. The summed E-state index contributed by atoms with van der Waals surface area (Å²) < 4.78 is 28.3. The van der Waals surface area contributed by atoms with Gasteiger partial charge in [-0.3, -0.25) is 19.2 Å². The summed E-state index contributed by atoms with van der Waals surface area (Å²) in [5.41, 5.74) is 9.81. The Balaban J connectivity index is 0.798. The van der Waals surface area contributed by atoms with Crippen LogP contribution < -0.4 is 26.6 Å². The standard InChI is InChI=1S/C56H67ClFN11O9S/c1-32(34-11-13-35(14-12-34)49-33(2)61-31-79-49)62-52(74)43-27-38(71)29-69(43)53(75)50(56(3,4)5)63-44(72)30-78-24-23-77-22-21-66(6)45(73)15-16-60-55-64-48-41(51(65-55)67-17-19-68(20-18-67)54(59)76)28-42(57)46(47(48)58)40-26-37(70)25-36-9-7-8-10-39(36)40/h7-14,25-26,28,31-32,38,43,50,70-71H,15-24,27,29-30H2,1-6H3,(H2,59,76)(H,62,74)(H,63,72)(H,60,64,65)/t32-,38+,43-,50+/m0/s1. The number of aliphatic hydroxyl groups is 1. The van der Waals surface area contributed by atoms with Crippen LogP contribution in [-0.2, 0) is 28.7 Å². The highest BCUT2D eigenvalue weighted by Gasteiger charge is 2.45. The molecule has 8 rings (SSSR count). The van der Waals surface area contributed by atoms with E-state index in [4.69, 9.17) is 31.8 Å². The summed E-state index contributed by atoms with van der Waals surface area (Å²) in [6, 6.07) is 16.8. The lowest BCUT2D eigenvalue weighted by atomic mass is 9.85. The van der Waals surface area contributed by atoms with Crippen molar-refractivity contribution in [2.45, 2.75) is 71.7 Å². The second kappa shape index (κ2) is 25.3. The van der Waals surface area contributed by atoms with Gasteiger partial charge in [0.2, 0.25) is 29.6 Å². The molecular formula is C56H67ClFN11O9S. The number of fused-ring (bicyclic) bond motifs is 2. The van der Waals surface area contributed by atoms with Crippen LogP contribution in [0.4, 0.5) is 21.0 Å². The van der Waals surface area contributed by atoms with Crippen molar-refractivity contribution >= 4 is 86.0 Å². The first-order chi connectivity index (χ1) is 37.7. The molecule has 23 heteroatoms. The fourth-order valence-electron chi connectivity index (χ4n) is 9.79. The van der Waals surface area contributed by atoms with Gasteiger partial charge in [-0.05, 0) is 64.9 Å². The van der Waals surface area contributed by atoms with Crippen LogP contribution in [0.5, 0.6) is 5.75 Å². The molecule has 7 N–H and O–H groups in total. The number of β-amino-alcohol motifs (C(OH)–C–C–N with tert-alkyl or cyclic N) is 1. The molecule has 2 fully saturated rings. The number of primary amides is 1. The van der Waals surface area contributed by atoms with Gasteiger partial charge in [0, 0.05) is 76.7 Å². The molecule has 2 aliphatic rings. The average molecular weight is 1120 g/mol. The zero-order valence-corrected chi connectivity index (χ0v) is 46.6. The SMILES string of the molecule is Cc1ncsc1-c1ccc([C@H](C)NC(=O)[C@@H]2C[C@@H](O)CN2C(=O)[C@@H](NC(=O)COCCOCCN(C)C(=O)CCNc2nc(N3CCN(C(N)=O)CC3)c3cc(Cl)c(-c4cc(O)cc5ccccc45)c(F)c3n2)C(C)(C)C)cc1. The number of thiazole rings is 1. The largest absolute Gasteiger partial charge is 0.508 e. The van der Waals surface area contributed by atoms with E-state index in [1.165, 1.54) is 20.8 Å². The van der Waals surface area contributed by atoms with E-state index >= 15 is 4.39 Å². The number of nitrogens with zero attached hydrogens (tertiary/aromatic N) is 7. The number of aryl methyl sites for hydroxylation is 1. The predicted molar refractivity (Wildman–Crippen MR) is 301 cm³/mol. The lowest BCUT2D eigenvalue weighted by Gasteiger charge is -2.35. The molecule has 4 aromatic carbocycles. The second-order valence-corrected chi connectivity index (χ2v) is 22.1. The van der Waals surface area contributed by atoms with Crippen molar-refractivity contribution < 1.29 is 48.0 Å². The number of phenolic OH excluding ortho intramolecular Hbond substituents is 1. The van der Waals surface area contributed by atoms with Gasteiger partial charge in [-0.25, -0.2) is 19.2 Å². The number of piperazine rings is 1. The van der Waals surface area contributed by atoms with Crippen molar-refractivity contribution in [2.75, 3.05) is 89.5 Å². The molecule has 6 amide bonds. The maximum Gasteiger partial charge on any atom is 0.314 e. The number of phenols is 1. The summed E-state index contributed by atoms with van der Waals surface area (Å²) in [5.74, 6) is -2.02. The summed E-state index contributed by atoms with van der Waals surface area (Å²) >= 11 is 8.42. The minimum Gasteiger partial charge on any atom is -0.508 e. The average Bonchev–Trinajstić information content (AvgIpc) is 4.05. The topological polar surface area (TPSA) is 258 Å². The Morgan fingerprint density at radius 2 is 1.68 bits per heavy atom. The first kappa shape index (κ1) is 57.9. The van der Waals surface area contributed by atoms with Gasteiger partial charge in [-0.2, -0.15) is 4.98 Å². The van der Waals surface area contributed by atoms with Crippen LogP contribution >= 0.6 is 22.9 Å². The van der Waals surface area contributed by atoms with Crippen LogP contribution in [0.3, 0.4) is 0 Å². The van der Waals surface area contributed by atoms with E-state index in [1.54, 1.807) is 62.9 Å². The molecule has 2 saturated heterocycles. The van der Waals surface area contributed by atoms with Gasteiger partial charge >= 0.3 is 6.03 Å². The number of carbonyl (C=O) groups excluding carboxylic acids is 5. The van der Waals surface area contributed by atoms with Gasteiger partial charge in [0.1, 0.15) is 35.8 Å². The minimum atomic E-state index is -1.03. The molecule has 0 saturated carbocycles. The van der Waals surface area contributed by atoms with Crippen LogP contribution in [-0.4, -0.2) is 167 Å². The van der Waals surface area contributed by atoms with Crippen molar-refractivity contribution in [1.82, 2.24) is 40.3 Å². The van der Waals surface area contributed by atoms with E-state index < -0.39 is 53.2 Å². The number of ether oxygens (including phenoxy) is 2. The summed E-state index contributed by atoms with van der Waals surface area (Å²) in [6.07, 6.45) is -0.843. The third-order valence-corrected chi connectivity index (χ3v) is 15.4. The summed E-state index contributed by atoms with van der Waals surface area (Å²) in [4.78, 5) is 87.1. The highest BCUT2D eigenvalue weighted by Crippen LogP contribution is 2.42. The van der Waals surface area contributed by atoms with E-state index in [2.05, 4.69) is 25.9 Å². The minimum absolute atomic E-state index is 0.0277. The Morgan fingerprint density at radius 3 is 2.38 bits per heavy atom. The summed E-state index contributed by atoms with van der Waals surface area (Å²) in [6.45, 7) is 10.8. The van der Waals surface area contributed by atoms with Gasteiger partial charge in [-0.1, -0.05) is 80.9 Å². The molecule has 4 heterocycles. The number of anilines is 2. The fraction of sp³-hybridized carbons (Fsp3) is 0.429. The van der Waals surface area contributed by atoms with E-state index in [9.17, 15) is 34.2 Å². The number of halogens is 2. The Hall–Kier alpha value is -7.24. The van der Waals surface area contributed by atoms with Gasteiger partial charge < -0.3 is 61.0 Å². The monoisotopic (exact) mass is 1120 g/mol. The number of likely N-dealkylation sites (N-methyl/N-ethyl adjacent to an activating group) is 1. The highest BCUT2D eigenvalue weighted by atomic mass is 35.5. The highest BCUT2D eigenvalue weighted by molar-refractivity contribution is 7.13. The first-order valence-corrected chi connectivity index (χ1v) is 27.4. The Labute approximate surface area is 466 Å². The van der Waals surface area contributed by atoms with Gasteiger partial charge in [0.25, 0.3) is 0 Å². The number of nitrogens with two attached hydrogens (primary N) is 1. The van der Waals surface area contributed by atoms with Crippen LogP contribution in [0.2, 0.25) is 5.02 Å². The smallest absolute Gasteiger partial charge is 0.314 e. The molecule has 2 aromatic heterocycles. The zero-order chi connectivity index (χ0) is 56.7. The number of aromatic nitrogens is 3. The number of urea groups is 1. The maximum absolute atomic E-state index is 17.0. The van der Waals surface area contributed by atoms with Crippen molar-refractivity contribution in [3.05, 3.63) is 94.3 Å². The van der Waals surface area contributed by atoms with E-state index in [0.29, 0.717) is 53.7 Å². The van der Waals surface area contributed by atoms with Crippen molar-refractivity contribution in [2.24, 2.45) is 11.1 Å². The maximum atomic E-state index is 17.0. The molecule has 0 bridgehead atoms. The molecule has 0 radical (unpaired) electrons. The fourth-order valence-corrected chi connectivity index (χ4v) is 10.9. The third kappa shape index (κ3) is 13.8. The molecule has 20 nitrogen and oxygen atoms in total. The Kier molecular flexibility index (Phi) is 18.5. The van der Waals surface area contributed by atoms with Gasteiger partial charge in [-0.15, -0.1) is 11.3 Å². The number of likely N-dealkylation sites (tertiary alicyclic amines) is 1. The molecule has 0 aliphatic carbocycles. The molecule has 4 atom stereocenters. The number of aliphatic hydroxyl groups excluding tert-OH is 1.